The second-order valence-electron chi connectivity index (χ2n) is 6.15. The van der Waals surface area contributed by atoms with E-state index in [4.69, 9.17) is 4.74 Å². The Morgan fingerprint density at radius 2 is 1.81 bits per heavy atom. The highest BCUT2D eigenvalue weighted by Gasteiger charge is 2.40. The number of ether oxygens (including phenoxy) is 1. The Morgan fingerprint density at radius 3 is 2.48 bits per heavy atom. The summed E-state index contributed by atoms with van der Waals surface area (Å²) in [5.74, 6) is -0.247. The number of Topliss-reactive ketones (excluding diaryl/α,β-unsaturated/α-hetero) is 2. The average Bonchev–Trinajstić information content (AvgIpc) is 2.43. The van der Waals surface area contributed by atoms with Crippen molar-refractivity contribution in [1.82, 2.24) is 0 Å². The van der Waals surface area contributed by atoms with Crippen LogP contribution in [0.1, 0.15) is 49.5 Å². The Bertz CT molecular complexity index is 705. The summed E-state index contributed by atoms with van der Waals surface area (Å²) in [6, 6.07) is 7.18. The topological polar surface area (TPSA) is 43.4 Å². The van der Waals surface area contributed by atoms with Gasteiger partial charge in [-0.15, -0.1) is 0 Å². The van der Waals surface area contributed by atoms with Gasteiger partial charge in [-0.05, 0) is 39.7 Å². The Kier molecular flexibility index (Phi) is 3.08. The number of benzene rings is 1. The summed E-state index contributed by atoms with van der Waals surface area (Å²) in [5, 5.41) is 0. The van der Waals surface area contributed by atoms with E-state index in [0.717, 1.165) is 5.56 Å². The lowest BCUT2D eigenvalue weighted by atomic mass is 9.81. The fourth-order valence-corrected chi connectivity index (χ4v) is 3.12. The van der Waals surface area contributed by atoms with Gasteiger partial charge >= 0.3 is 0 Å². The molecule has 3 rings (SSSR count). The van der Waals surface area contributed by atoms with E-state index >= 15 is 0 Å². The highest BCUT2D eigenvalue weighted by atomic mass is 16.5. The first-order chi connectivity index (χ1) is 9.91. The minimum absolute atomic E-state index is 0.414. The second kappa shape index (κ2) is 4.69. The largest absolute Gasteiger partial charge is 0.482 e. The normalized spacial score (nSPS) is 24.1. The first kappa shape index (κ1) is 13.8. The molecule has 108 valence electrons. The van der Waals surface area contributed by atoms with Gasteiger partial charge in [0, 0.05) is 16.7 Å². The van der Waals surface area contributed by atoms with E-state index in [2.05, 4.69) is 6.08 Å². The number of allylic oxidation sites excluding steroid dienone is 2. The maximum Gasteiger partial charge on any atom is 0.234 e. The van der Waals surface area contributed by atoms with E-state index in [0.29, 0.717) is 29.7 Å². The van der Waals surface area contributed by atoms with E-state index < -0.39 is 17.2 Å². The van der Waals surface area contributed by atoms with Crippen molar-refractivity contribution in [2.75, 3.05) is 0 Å². The van der Waals surface area contributed by atoms with E-state index in [1.165, 1.54) is 5.57 Å². The quantitative estimate of drug-likeness (QED) is 0.582. The van der Waals surface area contributed by atoms with Crippen molar-refractivity contribution in [1.29, 1.82) is 0 Å². The van der Waals surface area contributed by atoms with Crippen molar-refractivity contribution in [2.24, 2.45) is 0 Å². The van der Waals surface area contributed by atoms with Crippen LogP contribution in [0.3, 0.4) is 0 Å². The van der Waals surface area contributed by atoms with Gasteiger partial charge in [0.1, 0.15) is 11.4 Å². The number of rotatable bonds is 1. The van der Waals surface area contributed by atoms with Gasteiger partial charge in [-0.3, -0.25) is 9.59 Å². The smallest absolute Gasteiger partial charge is 0.234 e. The van der Waals surface area contributed by atoms with Crippen LogP contribution >= 0.6 is 0 Å². The van der Waals surface area contributed by atoms with Gasteiger partial charge in [-0.2, -0.15) is 0 Å². The summed E-state index contributed by atoms with van der Waals surface area (Å²) in [4.78, 5) is 24.4. The van der Waals surface area contributed by atoms with Crippen LogP contribution in [0.4, 0.5) is 0 Å². The molecular formula is C18H18O3. The molecule has 0 bridgehead atoms. The van der Waals surface area contributed by atoms with Gasteiger partial charge in [0.05, 0.1) is 0 Å². The van der Waals surface area contributed by atoms with Crippen molar-refractivity contribution in [3.63, 3.8) is 0 Å². The molecule has 21 heavy (non-hydrogen) atoms. The monoisotopic (exact) mass is 282 g/mol. The van der Waals surface area contributed by atoms with Crippen molar-refractivity contribution in [2.45, 2.75) is 39.2 Å². The standard InChI is InChI=1S/C18H18O3/c1-11(2)10-18(3)9-8-14-16(20)15(19)12-6-4-5-7-13(12)17(14)21-18/h4-7,10H,8-9H2,1-3H3. The molecule has 0 saturated carbocycles. The number of carbonyl (C=O) groups is 2. The van der Waals surface area contributed by atoms with Crippen LogP contribution < -0.4 is 0 Å². The maximum absolute atomic E-state index is 12.3. The summed E-state index contributed by atoms with van der Waals surface area (Å²) in [5.41, 5.74) is 2.46. The minimum Gasteiger partial charge on any atom is -0.482 e. The average molecular weight is 282 g/mol. The molecule has 0 amide bonds. The number of carbonyl (C=O) groups excluding carboxylic acids is 2. The summed E-state index contributed by atoms with van der Waals surface area (Å²) in [6.07, 6.45) is 3.37. The highest BCUT2D eigenvalue weighted by Crippen LogP contribution is 2.42. The van der Waals surface area contributed by atoms with Crippen LogP contribution in [-0.4, -0.2) is 17.2 Å². The molecule has 0 spiro atoms. The lowest BCUT2D eigenvalue weighted by molar-refractivity contribution is -0.112. The Morgan fingerprint density at radius 1 is 1.14 bits per heavy atom. The van der Waals surface area contributed by atoms with Crippen molar-refractivity contribution in [3.05, 3.63) is 52.6 Å². The van der Waals surface area contributed by atoms with Crippen molar-refractivity contribution < 1.29 is 14.3 Å². The molecular weight excluding hydrogens is 264 g/mol. The molecule has 1 heterocycles. The zero-order valence-corrected chi connectivity index (χ0v) is 12.5. The zero-order chi connectivity index (χ0) is 15.2. The summed E-state index contributed by atoms with van der Waals surface area (Å²) < 4.78 is 6.16. The number of hydrogen-bond acceptors (Lipinski definition) is 3. The van der Waals surface area contributed by atoms with Gasteiger partial charge in [0.2, 0.25) is 11.6 Å². The molecule has 1 aromatic carbocycles. The molecule has 1 aliphatic heterocycles. The number of fused-ring (bicyclic) bond motifs is 2. The molecule has 1 aromatic rings. The van der Waals surface area contributed by atoms with Crippen LogP contribution in [0.2, 0.25) is 0 Å². The van der Waals surface area contributed by atoms with Gasteiger partial charge < -0.3 is 4.74 Å². The van der Waals surface area contributed by atoms with E-state index in [1.54, 1.807) is 12.1 Å². The summed E-state index contributed by atoms with van der Waals surface area (Å²) in [6.45, 7) is 6.08. The van der Waals surface area contributed by atoms with Crippen molar-refractivity contribution in [3.8, 4) is 0 Å². The molecule has 0 fully saturated rings. The Labute approximate surface area is 124 Å². The molecule has 0 saturated heterocycles. The number of hydrogen-bond donors (Lipinski definition) is 0. The third-order valence-corrected chi connectivity index (χ3v) is 3.97. The molecule has 3 heteroatoms. The van der Waals surface area contributed by atoms with Gasteiger partial charge in [0.25, 0.3) is 0 Å². The third-order valence-electron chi connectivity index (χ3n) is 3.97. The van der Waals surface area contributed by atoms with Crippen LogP contribution in [0.5, 0.6) is 0 Å². The van der Waals surface area contributed by atoms with Crippen LogP contribution in [-0.2, 0) is 9.53 Å². The molecule has 0 radical (unpaired) electrons. The highest BCUT2D eigenvalue weighted by molar-refractivity contribution is 6.52. The van der Waals surface area contributed by atoms with E-state index in [9.17, 15) is 9.59 Å². The van der Waals surface area contributed by atoms with Gasteiger partial charge in [-0.1, -0.05) is 29.8 Å². The second-order valence-corrected chi connectivity index (χ2v) is 6.15. The molecule has 0 aromatic heterocycles. The van der Waals surface area contributed by atoms with Crippen LogP contribution in [0, 0.1) is 0 Å². The number of ketones is 2. The molecule has 1 atom stereocenters. The van der Waals surface area contributed by atoms with E-state index in [-0.39, 0.29) is 0 Å². The lowest BCUT2D eigenvalue weighted by Gasteiger charge is -2.37. The Hall–Kier alpha value is -2.16. The maximum atomic E-state index is 12.3. The lowest BCUT2D eigenvalue weighted by Crippen LogP contribution is -2.35. The summed E-state index contributed by atoms with van der Waals surface area (Å²) in [7, 11) is 0. The predicted octanol–water partition coefficient (Wildman–Crippen LogP) is 3.70. The predicted molar refractivity (Wildman–Crippen MR) is 80.9 cm³/mol. The van der Waals surface area contributed by atoms with Crippen LogP contribution in [0.25, 0.3) is 5.76 Å². The SMILES string of the molecule is CC(C)=CC1(C)CCC2=C(O1)c1ccccc1C(=O)C2=O. The first-order valence-corrected chi connectivity index (χ1v) is 7.18. The molecule has 1 aliphatic carbocycles. The fraction of sp³-hybridized carbons (Fsp3) is 0.333. The molecule has 3 nitrogen and oxygen atoms in total. The third kappa shape index (κ3) is 2.23. The zero-order valence-electron chi connectivity index (χ0n) is 12.5. The van der Waals surface area contributed by atoms with Gasteiger partial charge in [0.15, 0.2) is 0 Å². The van der Waals surface area contributed by atoms with Crippen molar-refractivity contribution >= 4 is 17.3 Å². The molecule has 1 unspecified atom stereocenters. The first-order valence-electron chi connectivity index (χ1n) is 7.18. The minimum atomic E-state index is -0.425. The van der Waals surface area contributed by atoms with E-state index in [1.807, 2.05) is 32.9 Å². The molecule has 0 N–H and O–H groups in total. The van der Waals surface area contributed by atoms with Crippen LogP contribution in [0.15, 0.2) is 41.5 Å². The van der Waals surface area contributed by atoms with Gasteiger partial charge in [-0.25, -0.2) is 0 Å². The fourth-order valence-electron chi connectivity index (χ4n) is 3.12. The summed E-state index contributed by atoms with van der Waals surface area (Å²) >= 11 is 0. The molecule has 2 aliphatic rings. The Balaban J connectivity index is 2.13.